The minimum atomic E-state index is -0.950. The van der Waals surface area contributed by atoms with Crippen molar-refractivity contribution >= 4 is 23.0 Å². The molecule has 0 saturated heterocycles. The third-order valence-electron chi connectivity index (χ3n) is 4.95. The fraction of sp³-hybridized carbons (Fsp3) is 0.500. The molecule has 2 aromatic rings. The summed E-state index contributed by atoms with van der Waals surface area (Å²) in [6.45, 7) is 1.85. The number of primary amides is 1. The fourth-order valence-electron chi connectivity index (χ4n) is 3.46. The Balaban J connectivity index is 1.68. The highest BCUT2D eigenvalue weighted by Gasteiger charge is 2.38. The molecule has 1 saturated carbocycles. The molecule has 7 heteroatoms. The number of amides is 3. The highest BCUT2D eigenvalue weighted by atomic mass is 16.2. The zero-order valence-corrected chi connectivity index (χ0v) is 14.5. The number of para-hydroxylation sites is 2. The van der Waals surface area contributed by atoms with Gasteiger partial charge in [-0.3, -0.25) is 4.79 Å². The second kappa shape index (κ2) is 7.13. The first-order valence-electron chi connectivity index (χ1n) is 8.83. The lowest BCUT2D eigenvalue weighted by Crippen LogP contribution is -2.59. The van der Waals surface area contributed by atoms with Crippen molar-refractivity contribution in [2.75, 3.05) is 0 Å². The predicted octanol–water partition coefficient (Wildman–Crippen LogP) is 2.50. The van der Waals surface area contributed by atoms with Gasteiger partial charge in [0.25, 0.3) is 0 Å². The molecule has 3 rings (SSSR count). The Labute approximate surface area is 146 Å². The Hall–Kier alpha value is -2.57. The van der Waals surface area contributed by atoms with E-state index in [1.807, 2.05) is 31.2 Å². The second-order valence-corrected chi connectivity index (χ2v) is 6.82. The summed E-state index contributed by atoms with van der Waals surface area (Å²) >= 11 is 0. The SMILES string of the molecule is CC(NC(=O)NC1(C(N)=O)CCCCCC1)c1nc2ccccc2[nH]1. The van der Waals surface area contributed by atoms with Crippen LogP contribution in [0.3, 0.4) is 0 Å². The molecule has 1 atom stereocenters. The molecule has 0 radical (unpaired) electrons. The molecule has 134 valence electrons. The first-order chi connectivity index (χ1) is 12.0. The quantitative estimate of drug-likeness (QED) is 0.640. The number of aromatic amines is 1. The van der Waals surface area contributed by atoms with E-state index in [0.717, 1.165) is 36.7 Å². The number of nitrogens with two attached hydrogens (primary N) is 1. The number of benzene rings is 1. The van der Waals surface area contributed by atoms with Crippen molar-refractivity contribution in [2.24, 2.45) is 5.73 Å². The van der Waals surface area contributed by atoms with E-state index in [9.17, 15) is 9.59 Å². The number of carbonyl (C=O) groups excluding carboxylic acids is 2. The number of carbonyl (C=O) groups is 2. The Morgan fingerprint density at radius 1 is 1.20 bits per heavy atom. The summed E-state index contributed by atoms with van der Waals surface area (Å²) in [7, 11) is 0. The number of rotatable bonds is 4. The zero-order chi connectivity index (χ0) is 17.9. The molecule has 1 aliphatic carbocycles. The maximum Gasteiger partial charge on any atom is 0.316 e. The number of aromatic nitrogens is 2. The molecule has 1 unspecified atom stereocenters. The van der Waals surface area contributed by atoms with Gasteiger partial charge in [0.2, 0.25) is 5.91 Å². The topological polar surface area (TPSA) is 113 Å². The van der Waals surface area contributed by atoms with Gasteiger partial charge in [0.1, 0.15) is 11.4 Å². The average Bonchev–Trinajstić information content (AvgIpc) is 2.87. The molecule has 0 bridgehead atoms. The van der Waals surface area contributed by atoms with Crippen LogP contribution in [0.2, 0.25) is 0 Å². The van der Waals surface area contributed by atoms with Gasteiger partial charge in [0.05, 0.1) is 17.1 Å². The van der Waals surface area contributed by atoms with Crippen molar-refractivity contribution < 1.29 is 9.59 Å². The molecule has 5 N–H and O–H groups in total. The van der Waals surface area contributed by atoms with Crippen molar-refractivity contribution in [3.05, 3.63) is 30.1 Å². The number of urea groups is 1. The molecule has 1 aromatic carbocycles. The molecule has 3 amide bonds. The van der Waals surface area contributed by atoms with Crippen LogP contribution in [0.25, 0.3) is 11.0 Å². The van der Waals surface area contributed by atoms with E-state index in [1.165, 1.54) is 0 Å². The zero-order valence-electron chi connectivity index (χ0n) is 14.5. The van der Waals surface area contributed by atoms with E-state index in [4.69, 9.17) is 5.73 Å². The summed E-state index contributed by atoms with van der Waals surface area (Å²) in [6.07, 6.45) is 5.09. The molecule has 7 nitrogen and oxygen atoms in total. The van der Waals surface area contributed by atoms with Crippen molar-refractivity contribution in [3.63, 3.8) is 0 Å². The standard InChI is InChI=1S/C18H25N5O2/c1-12(15-21-13-8-4-5-9-14(13)22-15)20-17(25)23-18(16(19)24)10-6-2-3-7-11-18/h4-5,8-9,12H,2-3,6-7,10-11H2,1H3,(H2,19,24)(H,21,22)(H2,20,23,25). The molecule has 0 aliphatic heterocycles. The van der Waals surface area contributed by atoms with Gasteiger partial charge in [0, 0.05) is 0 Å². The van der Waals surface area contributed by atoms with Crippen LogP contribution in [-0.4, -0.2) is 27.4 Å². The Kier molecular flexibility index (Phi) is 4.92. The third kappa shape index (κ3) is 3.75. The minimum absolute atomic E-state index is 0.317. The molecule has 1 fully saturated rings. The van der Waals surface area contributed by atoms with Crippen LogP contribution in [0.1, 0.15) is 57.3 Å². The van der Waals surface area contributed by atoms with Gasteiger partial charge in [-0.1, -0.05) is 37.8 Å². The van der Waals surface area contributed by atoms with Crippen LogP contribution in [0.15, 0.2) is 24.3 Å². The van der Waals surface area contributed by atoms with Gasteiger partial charge in [-0.05, 0) is 31.9 Å². The summed E-state index contributed by atoms with van der Waals surface area (Å²) in [6, 6.07) is 6.98. The smallest absolute Gasteiger partial charge is 0.316 e. The first-order valence-corrected chi connectivity index (χ1v) is 8.83. The maximum atomic E-state index is 12.5. The lowest BCUT2D eigenvalue weighted by molar-refractivity contribution is -0.124. The highest BCUT2D eigenvalue weighted by molar-refractivity contribution is 5.90. The van der Waals surface area contributed by atoms with E-state index in [-0.39, 0.29) is 6.04 Å². The highest BCUT2D eigenvalue weighted by Crippen LogP contribution is 2.27. The maximum absolute atomic E-state index is 12.5. The number of fused-ring (bicyclic) bond motifs is 1. The van der Waals surface area contributed by atoms with Crippen molar-refractivity contribution in [3.8, 4) is 0 Å². The van der Waals surface area contributed by atoms with E-state index in [2.05, 4.69) is 20.6 Å². The molecule has 1 aliphatic rings. The number of nitrogens with one attached hydrogen (secondary N) is 3. The van der Waals surface area contributed by atoms with Crippen LogP contribution >= 0.6 is 0 Å². The number of hydrogen-bond donors (Lipinski definition) is 4. The fourth-order valence-corrected chi connectivity index (χ4v) is 3.46. The average molecular weight is 343 g/mol. The summed E-state index contributed by atoms with van der Waals surface area (Å²) in [5.74, 6) is 0.214. The Morgan fingerprint density at radius 3 is 2.52 bits per heavy atom. The second-order valence-electron chi connectivity index (χ2n) is 6.82. The molecular formula is C18H25N5O2. The predicted molar refractivity (Wildman–Crippen MR) is 95.8 cm³/mol. The van der Waals surface area contributed by atoms with E-state index in [0.29, 0.717) is 18.7 Å². The minimum Gasteiger partial charge on any atom is -0.368 e. The summed E-state index contributed by atoms with van der Waals surface area (Å²) in [5, 5.41) is 5.69. The largest absolute Gasteiger partial charge is 0.368 e. The van der Waals surface area contributed by atoms with Gasteiger partial charge in [-0.25, -0.2) is 9.78 Å². The number of nitrogens with zero attached hydrogens (tertiary/aromatic N) is 1. The molecule has 1 aromatic heterocycles. The van der Waals surface area contributed by atoms with Gasteiger partial charge in [-0.2, -0.15) is 0 Å². The van der Waals surface area contributed by atoms with Gasteiger partial charge in [-0.15, -0.1) is 0 Å². The first kappa shape index (κ1) is 17.3. The monoisotopic (exact) mass is 343 g/mol. The van der Waals surface area contributed by atoms with Crippen LogP contribution in [0, 0.1) is 0 Å². The number of hydrogen-bond acceptors (Lipinski definition) is 3. The Bertz CT molecular complexity index is 729. The van der Waals surface area contributed by atoms with Crippen molar-refractivity contribution in [1.29, 1.82) is 0 Å². The molecular weight excluding hydrogens is 318 g/mol. The van der Waals surface area contributed by atoms with Gasteiger partial charge >= 0.3 is 6.03 Å². The number of H-pyrrole nitrogens is 1. The third-order valence-corrected chi connectivity index (χ3v) is 4.95. The van der Waals surface area contributed by atoms with Gasteiger partial charge < -0.3 is 21.4 Å². The van der Waals surface area contributed by atoms with Crippen LogP contribution in [0.5, 0.6) is 0 Å². The van der Waals surface area contributed by atoms with Crippen LogP contribution < -0.4 is 16.4 Å². The lowest BCUT2D eigenvalue weighted by Gasteiger charge is -2.31. The summed E-state index contributed by atoms with van der Waals surface area (Å²) < 4.78 is 0. The number of imidazole rings is 1. The van der Waals surface area contributed by atoms with E-state index < -0.39 is 17.5 Å². The summed E-state index contributed by atoms with van der Waals surface area (Å²) in [4.78, 5) is 32.2. The molecule has 25 heavy (non-hydrogen) atoms. The van der Waals surface area contributed by atoms with E-state index >= 15 is 0 Å². The van der Waals surface area contributed by atoms with Crippen molar-refractivity contribution in [2.45, 2.75) is 57.0 Å². The van der Waals surface area contributed by atoms with Crippen LogP contribution in [0.4, 0.5) is 4.79 Å². The normalized spacial score (nSPS) is 18.3. The Morgan fingerprint density at radius 2 is 1.88 bits per heavy atom. The van der Waals surface area contributed by atoms with E-state index in [1.54, 1.807) is 0 Å². The van der Waals surface area contributed by atoms with Crippen LogP contribution in [-0.2, 0) is 4.79 Å². The molecule has 1 heterocycles. The lowest BCUT2D eigenvalue weighted by atomic mass is 9.89. The summed E-state index contributed by atoms with van der Waals surface area (Å²) in [5.41, 5.74) is 6.43. The van der Waals surface area contributed by atoms with Crippen molar-refractivity contribution in [1.82, 2.24) is 20.6 Å². The van der Waals surface area contributed by atoms with Gasteiger partial charge in [0.15, 0.2) is 0 Å². The molecule has 0 spiro atoms.